The maximum absolute atomic E-state index is 6.15. The zero-order chi connectivity index (χ0) is 14.8. The Morgan fingerprint density at radius 3 is 2.90 bits per heavy atom. The van der Waals surface area contributed by atoms with Crippen LogP contribution in [0.4, 0.5) is 0 Å². The van der Waals surface area contributed by atoms with Crippen molar-refractivity contribution in [2.45, 2.75) is 25.6 Å². The highest BCUT2D eigenvalue weighted by molar-refractivity contribution is 6.31. The summed E-state index contributed by atoms with van der Waals surface area (Å²) >= 11 is 6.15. The van der Waals surface area contributed by atoms with Crippen LogP contribution in [0.5, 0.6) is 0 Å². The molecule has 0 aliphatic carbocycles. The van der Waals surface area contributed by atoms with Gasteiger partial charge in [0, 0.05) is 24.5 Å². The van der Waals surface area contributed by atoms with Crippen molar-refractivity contribution in [3.05, 3.63) is 46.6 Å². The van der Waals surface area contributed by atoms with E-state index in [1.54, 1.807) is 0 Å². The van der Waals surface area contributed by atoms with E-state index in [1.165, 1.54) is 0 Å². The lowest BCUT2D eigenvalue weighted by Gasteiger charge is -2.32. The summed E-state index contributed by atoms with van der Waals surface area (Å²) < 4.78 is 11.2. The molecule has 21 heavy (non-hydrogen) atoms. The van der Waals surface area contributed by atoms with Crippen LogP contribution in [0.1, 0.15) is 30.3 Å². The average Bonchev–Trinajstić information content (AvgIpc) is 2.89. The highest BCUT2D eigenvalue weighted by Crippen LogP contribution is 2.24. The number of likely N-dealkylation sites (N-methyl/N-ethyl adjacent to an activating group) is 1. The Balaban J connectivity index is 1.73. The van der Waals surface area contributed by atoms with E-state index in [4.69, 9.17) is 20.9 Å². The molecule has 1 saturated heterocycles. The normalized spacial score (nSPS) is 23.4. The lowest BCUT2D eigenvalue weighted by molar-refractivity contribution is -0.0838. The first-order chi connectivity index (χ1) is 10.1. The number of hydrogen-bond donors (Lipinski definition) is 0. The third kappa shape index (κ3) is 3.43. The maximum Gasteiger partial charge on any atom is 0.257 e. The summed E-state index contributed by atoms with van der Waals surface area (Å²) in [6, 6.07) is 7.67. The van der Waals surface area contributed by atoms with Crippen molar-refractivity contribution in [1.29, 1.82) is 0 Å². The van der Waals surface area contributed by atoms with Crippen molar-refractivity contribution in [2.24, 2.45) is 0 Å². The Hall–Kier alpha value is -1.43. The minimum atomic E-state index is -0.161. The number of aromatic nitrogens is 2. The van der Waals surface area contributed by atoms with Crippen molar-refractivity contribution in [3.63, 3.8) is 0 Å². The summed E-state index contributed by atoms with van der Waals surface area (Å²) in [6.45, 7) is 3.72. The van der Waals surface area contributed by atoms with Crippen LogP contribution in [0.25, 0.3) is 0 Å². The summed E-state index contributed by atoms with van der Waals surface area (Å²) in [5, 5.41) is 4.75. The Kier molecular flexibility index (Phi) is 4.24. The van der Waals surface area contributed by atoms with Crippen LogP contribution in [0.15, 0.2) is 28.8 Å². The van der Waals surface area contributed by atoms with Gasteiger partial charge in [-0.15, -0.1) is 0 Å². The van der Waals surface area contributed by atoms with Gasteiger partial charge in [-0.3, -0.25) is 0 Å². The molecule has 2 unspecified atom stereocenters. The Morgan fingerprint density at radius 1 is 1.33 bits per heavy atom. The van der Waals surface area contributed by atoms with Gasteiger partial charge in [0.25, 0.3) is 5.89 Å². The standard InChI is InChI=1S/C15H18ClN3O2/c1-10-8-19(2)9-13(20-10)15-17-14(18-21-15)7-11-5-3-4-6-12(11)16/h3-6,10,13H,7-9H2,1-2H3. The van der Waals surface area contributed by atoms with E-state index in [0.29, 0.717) is 23.2 Å². The molecular weight excluding hydrogens is 290 g/mol. The Labute approximate surface area is 128 Å². The number of halogens is 1. The van der Waals surface area contributed by atoms with Crippen LogP contribution < -0.4 is 0 Å². The van der Waals surface area contributed by atoms with Gasteiger partial charge in [-0.05, 0) is 25.6 Å². The fraction of sp³-hybridized carbons (Fsp3) is 0.467. The molecule has 0 radical (unpaired) electrons. The van der Waals surface area contributed by atoms with Gasteiger partial charge in [0.2, 0.25) is 0 Å². The van der Waals surface area contributed by atoms with Gasteiger partial charge in [-0.1, -0.05) is 35.0 Å². The number of nitrogens with zero attached hydrogens (tertiary/aromatic N) is 3. The van der Waals surface area contributed by atoms with Crippen molar-refractivity contribution in [3.8, 4) is 0 Å². The first-order valence-electron chi connectivity index (χ1n) is 7.01. The van der Waals surface area contributed by atoms with E-state index < -0.39 is 0 Å². The maximum atomic E-state index is 6.15. The second kappa shape index (κ2) is 6.13. The molecule has 0 bridgehead atoms. The molecular formula is C15H18ClN3O2. The van der Waals surface area contributed by atoms with Gasteiger partial charge in [-0.25, -0.2) is 0 Å². The molecule has 6 heteroatoms. The van der Waals surface area contributed by atoms with Gasteiger partial charge in [0.05, 0.1) is 6.10 Å². The molecule has 0 amide bonds. The summed E-state index contributed by atoms with van der Waals surface area (Å²) in [5.74, 6) is 1.16. The first kappa shape index (κ1) is 14.5. The molecule has 2 atom stereocenters. The lowest BCUT2D eigenvalue weighted by Crippen LogP contribution is -2.40. The highest BCUT2D eigenvalue weighted by atomic mass is 35.5. The van der Waals surface area contributed by atoms with Gasteiger partial charge < -0.3 is 14.2 Å². The van der Waals surface area contributed by atoms with Gasteiger partial charge in [0.1, 0.15) is 6.10 Å². The quantitative estimate of drug-likeness (QED) is 0.872. The Bertz CT molecular complexity index is 606. The molecule has 112 valence electrons. The number of hydrogen-bond acceptors (Lipinski definition) is 5. The number of benzene rings is 1. The topological polar surface area (TPSA) is 51.4 Å². The summed E-state index contributed by atoms with van der Waals surface area (Å²) in [6.07, 6.45) is 0.556. The molecule has 0 spiro atoms. The molecule has 5 nitrogen and oxygen atoms in total. The van der Waals surface area contributed by atoms with Gasteiger partial charge >= 0.3 is 0 Å². The summed E-state index contributed by atoms with van der Waals surface area (Å²) in [5.41, 5.74) is 0.988. The Morgan fingerprint density at radius 2 is 2.14 bits per heavy atom. The van der Waals surface area contributed by atoms with E-state index >= 15 is 0 Å². The van der Waals surface area contributed by atoms with E-state index in [9.17, 15) is 0 Å². The molecule has 1 aromatic carbocycles. The molecule has 2 heterocycles. The van der Waals surface area contributed by atoms with Crippen LogP contribution in [-0.2, 0) is 11.2 Å². The zero-order valence-corrected chi connectivity index (χ0v) is 12.9. The molecule has 0 saturated carbocycles. The van der Waals surface area contributed by atoms with Gasteiger partial charge in [-0.2, -0.15) is 4.98 Å². The highest BCUT2D eigenvalue weighted by Gasteiger charge is 2.28. The predicted molar refractivity (Wildman–Crippen MR) is 79.3 cm³/mol. The van der Waals surface area contributed by atoms with E-state index in [1.807, 2.05) is 31.2 Å². The molecule has 1 aliphatic heterocycles. The molecule has 1 aliphatic rings. The molecule has 2 aromatic rings. The zero-order valence-electron chi connectivity index (χ0n) is 12.1. The van der Waals surface area contributed by atoms with E-state index in [-0.39, 0.29) is 12.2 Å². The van der Waals surface area contributed by atoms with Crippen molar-refractivity contribution >= 4 is 11.6 Å². The predicted octanol–water partition coefficient (Wildman–Crippen LogP) is 2.71. The fourth-order valence-electron chi connectivity index (χ4n) is 2.58. The SMILES string of the molecule is CC1CN(C)CC(c2nc(Cc3ccccc3Cl)no2)O1. The largest absolute Gasteiger partial charge is 0.363 e. The van der Waals surface area contributed by atoms with Gasteiger partial charge in [0.15, 0.2) is 5.82 Å². The van der Waals surface area contributed by atoms with Crippen LogP contribution in [0.2, 0.25) is 5.02 Å². The monoisotopic (exact) mass is 307 g/mol. The van der Waals surface area contributed by atoms with Crippen LogP contribution in [0, 0.1) is 0 Å². The summed E-state index contributed by atoms with van der Waals surface area (Å²) in [7, 11) is 2.06. The van der Waals surface area contributed by atoms with Crippen LogP contribution >= 0.6 is 11.6 Å². The first-order valence-corrected chi connectivity index (χ1v) is 7.39. The number of rotatable bonds is 3. The number of morpholine rings is 1. The minimum Gasteiger partial charge on any atom is -0.363 e. The lowest BCUT2D eigenvalue weighted by atomic mass is 10.1. The van der Waals surface area contributed by atoms with E-state index in [0.717, 1.165) is 18.7 Å². The average molecular weight is 308 g/mol. The summed E-state index contributed by atoms with van der Waals surface area (Å²) in [4.78, 5) is 6.66. The van der Waals surface area contributed by atoms with E-state index in [2.05, 4.69) is 22.1 Å². The molecule has 0 N–H and O–H groups in total. The fourth-order valence-corrected chi connectivity index (χ4v) is 2.78. The molecule has 1 fully saturated rings. The van der Waals surface area contributed by atoms with Crippen LogP contribution in [-0.4, -0.2) is 41.3 Å². The molecule has 3 rings (SSSR count). The van der Waals surface area contributed by atoms with Crippen LogP contribution in [0.3, 0.4) is 0 Å². The second-order valence-electron chi connectivity index (χ2n) is 5.47. The van der Waals surface area contributed by atoms with Crippen molar-refractivity contribution in [1.82, 2.24) is 15.0 Å². The minimum absolute atomic E-state index is 0.160. The van der Waals surface area contributed by atoms with Crippen molar-refractivity contribution < 1.29 is 9.26 Å². The number of ether oxygens (including phenoxy) is 1. The second-order valence-corrected chi connectivity index (χ2v) is 5.88. The van der Waals surface area contributed by atoms with Crippen molar-refractivity contribution in [2.75, 3.05) is 20.1 Å². The smallest absolute Gasteiger partial charge is 0.257 e. The molecule has 1 aromatic heterocycles. The third-order valence-electron chi connectivity index (χ3n) is 3.51. The third-order valence-corrected chi connectivity index (χ3v) is 3.88.